The maximum absolute atomic E-state index is 3.51. The van der Waals surface area contributed by atoms with Gasteiger partial charge in [-0.15, -0.1) is 0 Å². The molecule has 2 heteroatoms. The summed E-state index contributed by atoms with van der Waals surface area (Å²) in [7, 11) is 0. The molecule has 1 N–H and O–H groups in total. The lowest BCUT2D eigenvalue weighted by atomic mass is 9.78. The average molecular weight is 224 g/mol. The minimum absolute atomic E-state index is 0.808. The highest BCUT2D eigenvalue weighted by atomic mass is 15.2. The molecule has 94 valence electrons. The Morgan fingerprint density at radius 3 is 2.62 bits per heavy atom. The molecule has 2 aliphatic rings. The fraction of sp³-hybridized carbons (Fsp3) is 1.00. The van der Waals surface area contributed by atoms with Crippen LogP contribution in [0.25, 0.3) is 0 Å². The molecule has 0 aromatic heterocycles. The van der Waals surface area contributed by atoms with Gasteiger partial charge in [-0.1, -0.05) is 27.2 Å². The maximum Gasteiger partial charge on any atom is 0.0235 e. The van der Waals surface area contributed by atoms with E-state index < -0.39 is 0 Å². The summed E-state index contributed by atoms with van der Waals surface area (Å²) in [6, 6.07) is 1.65. The Morgan fingerprint density at radius 2 is 2.00 bits per heavy atom. The Bertz CT molecular complexity index is 211. The summed E-state index contributed by atoms with van der Waals surface area (Å²) in [5.41, 5.74) is 0. The Balaban J connectivity index is 2.00. The fourth-order valence-electron chi connectivity index (χ4n) is 3.65. The summed E-state index contributed by atoms with van der Waals surface area (Å²) in [4.78, 5) is 2.79. The van der Waals surface area contributed by atoms with Crippen molar-refractivity contribution in [1.82, 2.24) is 10.2 Å². The van der Waals surface area contributed by atoms with Gasteiger partial charge in [-0.3, -0.25) is 4.90 Å². The lowest BCUT2D eigenvalue weighted by Crippen LogP contribution is -2.49. The van der Waals surface area contributed by atoms with Crippen molar-refractivity contribution in [2.24, 2.45) is 11.8 Å². The molecule has 2 fully saturated rings. The molecule has 2 nitrogen and oxygen atoms in total. The summed E-state index contributed by atoms with van der Waals surface area (Å²) >= 11 is 0. The molecule has 2 rings (SSSR count). The van der Waals surface area contributed by atoms with Crippen molar-refractivity contribution in [2.45, 2.75) is 58.5 Å². The second kappa shape index (κ2) is 5.50. The molecule has 0 aromatic carbocycles. The average Bonchev–Trinajstić information content (AvgIpc) is 2.78. The van der Waals surface area contributed by atoms with E-state index in [1.54, 1.807) is 0 Å². The Labute approximate surface area is 101 Å². The highest BCUT2D eigenvalue weighted by Gasteiger charge is 2.33. The molecule has 4 unspecified atom stereocenters. The van der Waals surface area contributed by atoms with Gasteiger partial charge in [0.15, 0.2) is 0 Å². The second-order valence-electron chi connectivity index (χ2n) is 5.94. The molecular formula is C14H28N2. The first-order valence-corrected chi connectivity index (χ1v) is 7.18. The van der Waals surface area contributed by atoms with Gasteiger partial charge in [0.1, 0.15) is 0 Å². The third-order valence-corrected chi connectivity index (χ3v) is 4.71. The smallest absolute Gasteiger partial charge is 0.0235 e. The Morgan fingerprint density at radius 1 is 1.19 bits per heavy atom. The standard InChI is InChI=1S/C14H28N2/c1-4-16(13-7-8-15-10-13)14-9-11(2)5-6-12(14)3/h11-15H,4-10H2,1-3H3. The van der Waals surface area contributed by atoms with Gasteiger partial charge in [-0.2, -0.15) is 0 Å². The van der Waals surface area contributed by atoms with E-state index in [2.05, 4.69) is 31.0 Å². The predicted molar refractivity (Wildman–Crippen MR) is 69.6 cm³/mol. The van der Waals surface area contributed by atoms with E-state index in [4.69, 9.17) is 0 Å². The highest BCUT2D eigenvalue weighted by Crippen LogP contribution is 2.33. The zero-order chi connectivity index (χ0) is 11.5. The van der Waals surface area contributed by atoms with Crippen LogP contribution in [0, 0.1) is 11.8 Å². The van der Waals surface area contributed by atoms with Crippen LogP contribution in [0.2, 0.25) is 0 Å². The zero-order valence-electron chi connectivity index (χ0n) is 11.2. The summed E-state index contributed by atoms with van der Waals surface area (Å²) in [5.74, 6) is 1.83. The summed E-state index contributed by atoms with van der Waals surface area (Å²) in [6.07, 6.45) is 5.65. The molecule has 1 saturated carbocycles. The van der Waals surface area contributed by atoms with Crippen molar-refractivity contribution in [2.75, 3.05) is 19.6 Å². The quantitative estimate of drug-likeness (QED) is 0.792. The summed E-state index contributed by atoms with van der Waals surface area (Å²) in [6.45, 7) is 10.9. The monoisotopic (exact) mass is 224 g/mol. The molecular weight excluding hydrogens is 196 g/mol. The van der Waals surface area contributed by atoms with Crippen LogP contribution in [-0.2, 0) is 0 Å². The molecule has 0 spiro atoms. The summed E-state index contributed by atoms with van der Waals surface area (Å²) in [5, 5.41) is 3.51. The SMILES string of the molecule is CCN(C1CCNC1)C1CC(C)CCC1C. The van der Waals surface area contributed by atoms with Gasteiger partial charge in [0.05, 0.1) is 0 Å². The molecule has 16 heavy (non-hydrogen) atoms. The first-order valence-electron chi connectivity index (χ1n) is 7.18. The van der Waals surface area contributed by atoms with Crippen LogP contribution in [0.1, 0.15) is 46.5 Å². The first kappa shape index (κ1) is 12.4. The number of likely N-dealkylation sites (N-methyl/N-ethyl adjacent to an activating group) is 1. The van der Waals surface area contributed by atoms with Gasteiger partial charge in [0.2, 0.25) is 0 Å². The largest absolute Gasteiger partial charge is 0.315 e. The number of nitrogens with one attached hydrogen (secondary N) is 1. The van der Waals surface area contributed by atoms with E-state index in [9.17, 15) is 0 Å². The molecule has 1 saturated heterocycles. The normalized spacial score (nSPS) is 40.5. The van der Waals surface area contributed by atoms with Gasteiger partial charge in [-0.25, -0.2) is 0 Å². The number of nitrogens with zero attached hydrogens (tertiary/aromatic N) is 1. The van der Waals surface area contributed by atoms with E-state index in [0.717, 1.165) is 23.9 Å². The van der Waals surface area contributed by atoms with Gasteiger partial charge in [0, 0.05) is 18.6 Å². The first-order chi connectivity index (χ1) is 7.72. The third kappa shape index (κ3) is 2.60. The minimum Gasteiger partial charge on any atom is -0.315 e. The van der Waals surface area contributed by atoms with Gasteiger partial charge < -0.3 is 5.32 Å². The van der Waals surface area contributed by atoms with Crippen molar-refractivity contribution in [3.63, 3.8) is 0 Å². The predicted octanol–water partition coefficient (Wildman–Crippen LogP) is 2.49. The van der Waals surface area contributed by atoms with Crippen molar-refractivity contribution >= 4 is 0 Å². The van der Waals surface area contributed by atoms with Crippen LogP contribution in [-0.4, -0.2) is 36.6 Å². The van der Waals surface area contributed by atoms with Crippen LogP contribution in [0.5, 0.6) is 0 Å². The Hall–Kier alpha value is -0.0800. The van der Waals surface area contributed by atoms with Crippen molar-refractivity contribution in [3.05, 3.63) is 0 Å². The molecule has 4 atom stereocenters. The number of hydrogen-bond donors (Lipinski definition) is 1. The highest BCUT2D eigenvalue weighted by molar-refractivity contribution is 4.89. The van der Waals surface area contributed by atoms with Crippen LogP contribution in [0.4, 0.5) is 0 Å². The third-order valence-electron chi connectivity index (χ3n) is 4.71. The molecule has 0 amide bonds. The van der Waals surface area contributed by atoms with Crippen molar-refractivity contribution < 1.29 is 0 Å². The lowest BCUT2D eigenvalue weighted by Gasteiger charge is -2.43. The van der Waals surface area contributed by atoms with E-state index >= 15 is 0 Å². The van der Waals surface area contributed by atoms with Crippen LogP contribution < -0.4 is 5.32 Å². The summed E-state index contributed by atoms with van der Waals surface area (Å²) < 4.78 is 0. The van der Waals surface area contributed by atoms with Gasteiger partial charge in [-0.05, 0) is 44.2 Å². The fourth-order valence-corrected chi connectivity index (χ4v) is 3.65. The Kier molecular flexibility index (Phi) is 4.26. The molecule has 0 aromatic rings. The van der Waals surface area contributed by atoms with Gasteiger partial charge >= 0.3 is 0 Å². The van der Waals surface area contributed by atoms with Crippen molar-refractivity contribution in [1.29, 1.82) is 0 Å². The van der Waals surface area contributed by atoms with Crippen LogP contribution in [0.3, 0.4) is 0 Å². The number of rotatable bonds is 3. The van der Waals surface area contributed by atoms with E-state index in [0.29, 0.717) is 0 Å². The van der Waals surface area contributed by atoms with Crippen molar-refractivity contribution in [3.8, 4) is 0 Å². The molecule has 1 heterocycles. The lowest BCUT2D eigenvalue weighted by molar-refractivity contribution is 0.0641. The topological polar surface area (TPSA) is 15.3 Å². The van der Waals surface area contributed by atoms with E-state index in [1.807, 2.05) is 0 Å². The van der Waals surface area contributed by atoms with Gasteiger partial charge in [0.25, 0.3) is 0 Å². The molecule has 0 bridgehead atoms. The second-order valence-corrected chi connectivity index (χ2v) is 5.94. The molecule has 1 aliphatic carbocycles. The van der Waals surface area contributed by atoms with E-state index in [-0.39, 0.29) is 0 Å². The maximum atomic E-state index is 3.51. The number of hydrogen-bond acceptors (Lipinski definition) is 2. The minimum atomic E-state index is 0.808. The molecule has 1 aliphatic heterocycles. The van der Waals surface area contributed by atoms with E-state index in [1.165, 1.54) is 45.3 Å². The van der Waals surface area contributed by atoms with Crippen LogP contribution >= 0.6 is 0 Å². The molecule has 0 radical (unpaired) electrons. The van der Waals surface area contributed by atoms with Crippen LogP contribution in [0.15, 0.2) is 0 Å². The zero-order valence-corrected chi connectivity index (χ0v) is 11.2.